The number of hydrogen-bond donors (Lipinski definition) is 2. The molecule has 2 amide bonds. The highest BCUT2D eigenvalue weighted by Crippen LogP contribution is 2.51. The number of pyridine rings is 1. The number of rotatable bonds is 6. The molecule has 1 aromatic heterocycles. The van der Waals surface area contributed by atoms with Crippen molar-refractivity contribution >= 4 is 35.2 Å². The summed E-state index contributed by atoms with van der Waals surface area (Å²) >= 11 is 7.98. The van der Waals surface area contributed by atoms with E-state index in [1.807, 2.05) is 32.2 Å². The molecule has 2 aromatic rings. The maximum Gasteiger partial charge on any atom is 0.254 e. The van der Waals surface area contributed by atoms with Crippen LogP contribution in [0.4, 0.5) is 0 Å². The molecule has 0 bridgehead atoms. The number of H-pyrrole nitrogens is 1. The number of nitrogens with zero attached hydrogens (tertiary/aromatic N) is 2. The average Bonchev–Trinajstić information content (AvgIpc) is 3.25. The monoisotopic (exact) mass is 544 g/mol. The van der Waals surface area contributed by atoms with Crippen LogP contribution in [-0.2, 0) is 11.3 Å². The van der Waals surface area contributed by atoms with Gasteiger partial charge in [-0.2, -0.15) is 5.26 Å². The predicted octanol–water partition coefficient (Wildman–Crippen LogP) is 3.94. The van der Waals surface area contributed by atoms with Gasteiger partial charge in [0, 0.05) is 59.8 Å². The number of benzene rings is 1. The van der Waals surface area contributed by atoms with Crippen molar-refractivity contribution in [1.29, 1.82) is 5.26 Å². The van der Waals surface area contributed by atoms with Crippen molar-refractivity contribution in [3.8, 4) is 17.6 Å². The molecule has 9 nitrogen and oxygen atoms in total. The Kier molecular flexibility index (Phi) is 7.76. The molecule has 196 valence electrons. The number of halogens is 1. The van der Waals surface area contributed by atoms with Crippen molar-refractivity contribution in [2.45, 2.75) is 57.3 Å². The Labute approximate surface area is 224 Å². The zero-order chi connectivity index (χ0) is 26.9. The second-order valence-electron chi connectivity index (χ2n) is 9.41. The van der Waals surface area contributed by atoms with Crippen LogP contribution in [0.3, 0.4) is 0 Å². The molecule has 37 heavy (non-hydrogen) atoms. The molecule has 0 aliphatic carbocycles. The first-order valence-electron chi connectivity index (χ1n) is 12.0. The SMILES string of the molecule is CSc1cc(C)[nH]c(=O)c1CNC(=O)c1cc(Cl)c2c(c1C)O[C@@](C)(C1CCN(C(=O)CC#N)CC1)O2. The van der Waals surface area contributed by atoms with E-state index < -0.39 is 5.79 Å². The highest BCUT2D eigenvalue weighted by atomic mass is 35.5. The van der Waals surface area contributed by atoms with Gasteiger partial charge in [-0.15, -0.1) is 11.8 Å². The van der Waals surface area contributed by atoms with Crippen LogP contribution in [0, 0.1) is 31.1 Å². The third-order valence-electron chi connectivity index (χ3n) is 6.99. The van der Waals surface area contributed by atoms with Crippen molar-refractivity contribution in [2.24, 2.45) is 5.92 Å². The highest BCUT2D eigenvalue weighted by Gasteiger charge is 2.47. The lowest BCUT2D eigenvalue weighted by Gasteiger charge is -2.38. The zero-order valence-electron chi connectivity index (χ0n) is 21.2. The van der Waals surface area contributed by atoms with Crippen molar-refractivity contribution in [3.05, 3.63) is 49.9 Å². The molecule has 0 spiro atoms. The summed E-state index contributed by atoms with van der Waals surface area (Å²) in [5.74, 6) is -0.761. The summed E-state index contributed by atoms with van der Waals surface area (Å²) in [5.41, 5.74) is 1.93. The Morgan fingerprint density at radius 2 is 1.95 bits per heavy atom. The molecular weight excluding hydrogens is 516 g/mol. The van der Waals surface area contributed by atoms with Gasteiger partial charge in [0.2, 0.25) is 5.91 Å². The van der Waals surface area contributed by atoms with Gasteiger partial charge in [-0.3, -0.25) is 14.4 Å². The largest absolute Gasteiger partial charge is 0.448 e. The number of piperidine rings is 1. The van der Waals surface area contributed by atoms with Crippen molar-refractivity contribution < 1.29 is 19.1 Å². The normalized spacial score (nSPS) is 19.0. The van der Waals surface area contributed by atoms with Gasteiger partial charge >= 0.3 is 0 Å². The van der Waals surface area contributed by atoms with Gasteiger partial charge in [0.05, 0.1) is 11.1 Å². The smallest absolute Gasteiger partial charge is 0.254 e. The van der Waals surface area contributed by atoms with Gasteiger partial charge in [-0.05, 0) is 45.1 Å². The number of nitrogens with one attached hydrogen (secondary N) is 2. The van der Waals surface area contributed by atoms with Gasteiger partial charge in [-0.1, -0.05) is 11.6 Å². The number of aromatic nitrogens is 1. The van der Waals surface area contributed by atoms with Gasteiger partial charge in [0.25, 0.3) is 17.3 Å². The van der Waals surface area contributed by atoms with Crippen LogP contribution in [0.15, 0.2) is 21.8 Å². The summed E-state index contributed by atoms with van der Waals surface area (Å²) < 4.78 is 12.5. The molecule has 2 N–H and O–H groups in total. The lowest BCUT2D eigenvalue weighted by molar-refractivity contribution is -0.142. The van der Waals surface area contributed by atoms with E-state index in [1.165, 1.54) is 11.8 Å². The molecular formula is C26H29ClN4O5S. The number of aromatic amines is 1. The van der Waals surface area contributed by atoms with Crippen molar-refractivity contribution in [3.63, 3.8) is 0 Å². The summed E-state index contributed by atoms with van der Waals surface area (Å²) in [4.78, 5) is 42.9. The molecule has 4 rings (SSSR count). The minimum absolute atomic E-state index is 0.0167. The molecule has 1 aromatic carbocycles. The van der Waals surface area contributed by atoms with E-state index in [0.717, 1.165) is 10.6 Å². The molecule has 3 heterocycles. The van der Waals surface area contributed by atoms with Crippen LogP contribution in [0.5, 0.6) is 11.5 Å². The lowest BCUT2D eigenvalue weighted by Crippen LogP contribution is -2.49. The number of ether oxygens (including phenoxy) is 2. The molecule has 11 heteroatoms. The van der Waals surface area contributed by atoms with Gasteiger partial charge in [0.15, 0.2) is 11.5 Å². The maximum atomic E-state index is 13.1. The third kappa shape index (κ3) is 5.29. The van der Waals surface area contributed by atoms with E-state index in [-0.39, 0.29) is 41.3 Å². The standard InChI is InChI=1S/C26H29ClN4O5S/c1-14-11-20(37-4)18(25(34)30-14)13-29-24(33)17-12-19(27)23-22(15(17)2)35-26(3,36-23)16-6-9-31(10-7-16)21(32)5-8-28/h11-12,16H,5-7,9-10,13H2,1-4H3,(H,29,33)(H,30,34)/t26-/m1/s1. The second-order valence-corrected chi connectivity index (χ2v) is 10.7. The predicted molar refractivity (Wildman–Crippen MR) is 140 cm³/mol. The Bertz CT molecular complexity index is 1350. The summed E-state index contributed by atoms with van der Waals surface area (Å²) in [6.07, 6.45) is 3.05. The van der Waals surface area contributed by atoms with E-state index in [4.69, 9.17) is 26.3 Å². The van der Waals surface area contributed by atoms with Crippen molar-refractivity contribution in [1.82, 2.24) is 15.2 Å². The molecule has 2 aliphatic heterocycles. The summed E-state index contributed by atoms with van der Waals surface area (Å²) in [6.45, 7) is 6.52. The van der Waals surface area contributed by atoms with Gasteiger partial charge in [-0.25, -0.2) is 0 Å². The number of amides is 2. The van der Waals surface area contributed by atoms with Crippen molar-refractivity contribution in [2.75, 3.05) is 19.3 Å². The molecule has 0 radical (unpaired) electrons. The fraction of sp³-hybridized carbons (Fsp3) is 0.462. The number of hydrogen-bond acceptors (Lipinski definition) is 7. The third-order valence-corrected chi connectivity index (χ3v) is 8.07. The molecule has 0 unspecified atom stereocenters. The minimum Gasteiger partial charge on any atom is -0.448 e. The number of carbonyl (C=O) groups excluding carboxylic acids is 2. The van der Waals surface area contributed by atoms with Crippen LogP contribution in [-0.4, -0.2) is 46.8 Å². The number of likely N-dealkylation sites (tertiary alicyclic amines) is 1. The first-order valence-corrected chi connectivity index (χ1v) is 13.6. The Balaban J connectivity index is 1.50. The zero-order valence-corrected chi connectivity index (χ0v) is 22.8. The quantitative estimate of drug-likeness (QED) is 0.528. The van der Waals surface area contributed by atoms with E-state index in [9.17, 15) is 14.4 Å². The number of nitriles is 1. The highest BCUT2D eigenvalue weighted by molar-refractivity contribution is 7.98. The molecule has 1 saturated heterocycles. The number of thioether (sulfide) groups is 1. The molecule has 2 aliphatic rings. The Morgan fingerprint density at radius 3 is 2.59 bits per heavy atom. The average molecular weight is 545 g/mol. The Morgan fingerprint density at radius 1 is 1.27 bits per heavy atom. The molecule has 1 atom stereocenters. The van der Waals surface area contributed by atoms with E-state index in [2.05, 4.69) is 10.3 Å². The molecule has 1 fully saturated rings. The van der Waals surface area contributed by atoms with Crippen LogP contribution in [0.25, 0.3) is 0 Å². The summed E-state index contributed by atoms with van der Waals surface area (Å²) in [7, 11) is 0. The summed E-state index contributed by atoms with van der Waals surface area (Å²) in [6, 6.07) is 5.33. The number of fused-ring (bicyclic) bond motifs is 1. The van der Waals surface area contributed by atoms with Gasteiger partial charge in [0.1, 0.15) is 6.42 Å². The van der Waals surface area contributed by atoms with Crippen LogP contribution in [0.2, 0.25) is 5.02 Å². The fourth-order valence-electron chi connectivity index (χ4n) is 4.88. The van der Waals surface area contributed by atoms with E-state index in [1.54, 1.807) is 17.9 Å². The van der Waals surface area contributed by atoms with Crippen LogP contribution >= 0.6 is 23.4 Å². The molecule has 0 saturated carbocycles. The number of carbonyl (C=O) groups is 2. The van der Waals surface area contributed by atoms with Crippen LogP contribution in [0.1, 0.15) is 53.4 Å². The summed E-state index contributed by atoms with van der Waals surface area (Å²) in [5, 5.41) is 11.9. The fourth-order valence-corrected chi connectivity index (χ4v) is 5.82. The topological polar surface area (TPSA) is 125 Å². The maximum absolute atomic E-state index is 13.1. The van der Waals surface area contributed by atoms with E-state index in [0.29, 0.717) is 54.1 Å². The Hall–Kier alpha value is -3.16. The second kappa shape index (κ2) is 10.7. The first-order chi connectivity index (χ1) is 17.6. The number of aryl methyl sites for hydroxylation is 1. The lowest BCUT2D eigenvalue weighted by atomic mass is 9.89. The van der Waals surface area contributed by atoms with Gasteiger partial charge < -0.3 is 24.7 Å². The van der Waals surface area contributed by atoms with Crippen LogP contribution < -0.4 is 20.3 Å². The van der Waals surface area contributed by atoms with E-state index >= 15 is 0 Å². The minimum atomic E-state index is -1.00. The first kappa shape index (κ1) is 26.9.